The summed E-state index contributed by atoms with van der Waals surface area (Å²) >= 11 is 0. The molecule has 2 heterocycles. The summed E-state index contributed by atoms with van der Waals surface area (Å²) in [6.07, 6.45) is 3.88. The SMILES string of the molecule is Cc1ccc2c(c1)[C@@H](C1CCCN1)OCC2. The quantitative estimate of drug-likeness (QED) is 0.779. The molecule has 0 saturated carbocycles. The Kier molecular flexibility index (Phi) is 2.70. The lowest BCUT2D eigenvalue weighted by atomic mass is 9.91. The molecule has 2 atom stereocenters. The largest absolute Gasteiger partial charge is 0.372 e. The topological polar surface area (TPSA) is 21.3 Å². The van der Waals surface area contributed by atoms with Crippen LogP contribution in [0.25, 0.3) is 0 Å². The average molecular weight is 217 g/mol. The van der Waals surface area contributed by atoms with Gasteiger partial charge in [-0.25, -0.2) is 0 Å². The smallest absolute Gasteiger partial charge is 0.0980 e. The zero-order valence-electron chi connectivity index (χ0n) is 9.83. The van der Waals surface area contributed by atoms with E-state index >= 15 is 0 Å². The predicted molar refractivity (Wildman–Crippen MR) is 64.6 cm³/mol. The number of rotatable bonds is 1. The summed E-state index contributed by atoms with van der Waals surface area (Å²) < 4.78 is 5.98. The van der Waals surface area contributed by atoms with E-state index < -0.39 is 0 Å². The van der Waals surface area contributed by atoms with Crippen LogP contribution in [0.15, 0.2) is 18.2 Å². The second kappa shape index (κ2) is 4.19. The van der Waals surface area contributed by atoms with Crippen molar-refractivity contribution in [2.45, 2.75) is 38.3 Å². The molecule has 1 unspecified atom stereocenters. The Balaban J connectivity index is 1.94. The maximum absolute atomic E-state index is 5.98. The molecule has 1 N–H and O–H groups in total. The number of ether oxygens (including phenoxy) is 1. The summed E-state index contributed by atoms with van der Waals surface area (Å²) in [6.45, 7) is 4.18. The van der Waals surface area contributed by atoms with E-state index in [1.165, 1.54) is 29.5 Å². The Labute approximate surface area is 97.0 Å². The van der Waals surface area contributed by atoms with Gasteiger partial charge in [0.05, 0.1) is 12.7 Å². The van der Waals surface area contributed by atoms with Crippen LogP contribution in [-0.2, 0) is 11.2 Å². The Bertz CT molecular complexity index is 382. The molecule has 0 aliphatic carbocycles. The van der Waals surface area contributed by atoms with E-state index in [4.69, 9.17) is 4.74 Å². The van der Waals surface area contributed by atoms with Crippen LogP contribution in [0.2, 0.25) is 0 Å². The predicted octanol–water partition coefficient (Wildman–Crippen LogP) is 2.36. The average Bonchev–Trinajstić information content (AvgIpc) is 2.81. The molecule has 0 amide bonds. The first-order valence-corrected chi connectivity index (χ1v) is 6.29. The molecular formula is C14H19NO. The van der Waals surface area contributed by atoms with Gasteiger partial charge < -0.3 is 10.1 Å². The van der Waals surface area contributed by atoms with Crippen LogP contribution in [0.1, 0.15) is 35.6 Å². The highest BCUT2D eigenvalue weighted by atomic mass is 16.5. The Morgan fingerprint density at radius 3 is 3.12 bits per heavy atom. The summed E-state index contributed by atoms with van der Waals surface area (Å²) in [5, 5.41) is 3.56. The third-order valence-corrected chi connectivity index (χ3v) is 3.74. The van der Waals surface area contributed by atoms with Crippen molar-refractivity contribution in [2.75, 3.05) is 13.2 Å². The van der Waals surface area contributed by atoms with E-state index in [0.29, 0.717) is 6.04 Å². The molecule has 1 aromatic carbocycles. The van der Waals surface area contributed by atoms with Gasteiger partial charge in [0, 0.05) is 6.04 Å². The number of hydrogen-bond donors (Lipinski definition) is 1. The zero-order valence-corrected chi connectivity index (χ0v) is 9.83. The third-order valence-electron chi connectivity index (χ3n) is 3.74. The van der Waals surface area contributed by atoms with Crippen molar-refractivity contribution in [3.8, 4) is 0 Å². The molecule has 3 rings (SSSR count). The highest BCUT2D eigenvalue weighted by Gasteiger charge is 2.30. The monoisotopic (exact) mass is 217 g/mol. The van der Waals surface area contributed by atoms with Gasteiger partial charge in [0.25, 0.3) is 0 Å². The molecule has 86 valence electrons. The van der Waals surface area contributed by atoms with E-state index in [1.807, 2.05) is 0 Å². The third kappa shape index (κ3) is 1.76. The lowest BCUT2D eigenvalue weighted by molar-refractivity contribution is 0.0199. The van der Waals surface area contributed by atoms with E-state index in [9.17, 15) is 0 Å². The van der Waals surface area contributed by atoms with Gasteiger partial charge in [-0.2, -0.15) is 0 Å². The highest BCUT2D eigenvalue weighted by Crippen LogP contribution is 2.33. The van der Waals surface area contributed by atoms with Gasteiger partial charge in [0.2, 0.25) is 0 Å². The van der Waals surface area contributed by atoms with Gasteiger partial charge in [0.1, 0.15) is 0 Å². The zero-order chi connectivity index (χ0) is 11.0. The van der Waals surface area contributed by atoms with Crippen molar-refractivity contribution < 1.29 is 4.74 Å². The number of nitrogens with one attached hydrogen (secondary N) is 1. The normalized spacial score (nSPS) is 29.1. The van der Waals surface area contributed by atoms with Gasteiger partial charge in [0.15, 0.2) is 0 Å². The van der Waals surface area contributed by atoms with Gasteiger partial charge in [-0.3, -0.25) is 0 Å². The Morgan fingerprint density at radius 2 is 2.31 bits per heavy atom. The Hall–Kier alpha value is -0.860. The molecular weight excluding hydrogens is 198 g/mol. The summed E-state index contributed by atoms with van der Waals surface area (Å²) in [4.78, 5) is 0. The number of hydrogen-bond acceptors (Lipinski definition) is 2. The van der Waals surface area contributed by atoms with Crippen LogP contribution in [-0.4, -0.2) is 19.2 Å². The lowest BCUT2D eigenvalue weighted by Gasteiger charge is -2.30. The Morgan fingerprint density at radius 1 is 1.38 bits per heavy atom. The van der Waals surface area contributed by atoms with Gasteiger partial charge in [-0.05, 0) is 43.9 Å². The standard InChI is InChI=1S/C14H19NO/c1-10-4-5-11-6-8-16-14(12(11)9-10)13-3-2-7-15-13/h4-5,9,13-15H,2-3,6-8H2,1H3/t13?,14-/m0/s1. The number of aryl methyl sites for hydroxylation is 1. The van der Waals surface area contributed by atoms with Crippen LogP contribution in [0.4, 0.5) is 0 Å². The first-order valence-electron chi connectivity index (χ1n) is 6.29. The van der Waals surface area contributed by atoms with Crippen LogP contribution >= 0.6 is 0 Å². The van der Waals surface area contributed by atoms with Crippen LogP contribution < -0.4 is 5.32 Å². The van der Waals surface area contributed by atoms with E-state index in [-0.39, 0.29) is 6.10 Å². The first-order chi connectivity index (χ1) is 7.84. The molecule has 2 nitrogen and oxygen atoms in total. The second-order valence-corrected chi connectivity index (χ2v) is 4.95. The van der Waals surface area contributed by atoms with Crippen molar-refractivity contribution in [2.24, 2.45) is 0 Å². The molecule has 2 aliphatic rings. The fraction of sp³-hybridized carbons (Fsp3) is 0.571. The summed E-state index contributed by atoms with van der Waals surface area (Å²) in [6, 6.07) is 7.32. The lowest BCUT2D eigenvalue weighted by Crippen LogP contribution is -2.33. The minimum absolute atomic E-state index is 0.283. The molecule has 2 aliphatic heterocycles. The van der Waals surface area contributed by atoms with E-state index in [1.54, 1.807) is 0 Å². The molecule has 1 aromatic rings. The minimum atomic E-state index is 0.283. The first kappa shape index (κ1) is 10.3. The minimum Gasteiger partial charge on any atom is -0.372 e. The fourth-order valence-corrected chi connectivity index (χ4v) is 2.90. The molecule has 1 fully saturated rings. The van der Waals surface area contributed by atoms with Crippen molar-refractivity contribution in [3.63, 3.8) is 0 Å². The molecule has 0 radical (unpaired) electrons. The molecule has 0 bridgehead atoms. The van der Waals surface area contributed by atoms with Crippen molar-refractivity contribution >= 4 is 0 Å². The maximum Gasteiger partial charge on any atom is 0.0980 e. The second-order valence-electron chi connectivity index (χ2n) is 4.95. The van der Waals surface area contributed by atoms with E-state index in [0.717, 1.165) is 19.6 Å². The molecule has 2 heteroatoms. The summed E-state index contributed by atoms with van der Waals surface area (Å²) in [7, 11) is 0. The van der Waals surface area contributed by atoms with Gasteiger partial charge >= 0.3 is 0 Å². The summed E-state index contributed by atoms with van der Waals surface area (Å²) in [5.74, 6) is 0. The van der Waals surface area contributed by atoms with Crippen molar-refractivity contribution in [3.05, 3.63) is 34.9 Å². The fourth-order valence-electron chi connectivity index (χ4n) is 2.90. The molecule has 16 heavy (non-hydrogen) atoms. The number of fused-ring (bicyclic) bond motifs is 1. The van der Waals surface area contributed by atoms with Crippen LogP contribution in [0, 0.1) is 6.92 Å². The molecule has 1 saturated heterocycles. The maximum atomic E-state index is 5.98. The van der Waals surface area contributed by atoms with Crippen molar-refractivity contribution in [1.82, 2.24) is 5.32 Å². The van der Waals surface area contributed by atoms with Gasteiger partial charge in [-0.1, -0.05) is 23.8 Å². The van der Waals surface area contributed by atoms with Gasteiger partial charge in [-0.15, -0.1) is 0 Å². The van der Waals surface area contributed by atoms with Crippen LogP contribution in [0.5, 0.6) is 0 Å². The molecule has 0 aromatic heterocycles. The van der Waals surface area contributed by atoms with Crippen molar-refractivity contribution in [1.29, 1.82) is 0 Å². The molecule has 0 spiro atoms. The van der Waals surface area contributed by atoms with Crippen LogP contribution in [0.3, 0.4) is 0 Å². The highest BCUT2D eigenvalue weighted by molar-refractivity contribution is 5.35. The summed E-state index contributed by atoms with van der Waals surface area (Å²) in [5.41, 5.74) is 4.24. The number of benzene rings is 1. The van der Waals surface area contributed by atoms with E-state index in [2.05, 4.69) is 30.4 Å².